The molecule has 1 rings (SSSR count). The molecule has 1 aliphatic heterocycles. The Morgan fingerprint density at radius 3 is 2.57 bits per heavy atom. The van der Waals surface area contributed by atoms with E-state index in [4.69, 9.17) is 18.9 Å². The Balaban J connectivity index is 2.66. The average Bonchev–Trinajstić information content (AvgIpc) is 2.82. The van der Waals surface area contributed by atoms with Gasteiger partial charge in [0.1, 0.15) is 6.61 Å². The van der Waals surface area contributed by atoms with Crippen molar-refractivity contribution in [1.29, 1.82) is 0 Å². The van der Waals surface area contributed by atoms with Crippen molar-refractivity contribution in [3.05, 3.63) is 23.3 Å². The fraction of sp³-hybridized carbons (Fsp3) is 0.792. The lowest BCUT2D eigenvalue weighted by molar-refractivity contribution is -0.236. The summed E-state index contributed by atoms with van der Waals surface area (Å²) in [7, 11) is 3.39. The zero-order valence-electron chi connectivity index (χ0n) is 20.0. The second kappa shape index (κ2) is 12.6. The molecule has 1 saturated heterocycles. The van der Waals surface area contributed by atoms with Gasteiger partial charge in [-0.3, -0.25) is 4.79 Å². The van der Waals surface area contributed by atoms with Crippen LogP contribution in [0.2, 0.25) is 0 Å². The van der Waals surface area contributed by atoms with Crippen LogP contribution < -0.4 is 0 Å². The number of methoxy groups -OCH3 is 2. The van der Waals surface area contributed by atoms with E-state index in [-0.39, 0.29) is 18.5 Å². The zero-order valence-corrected chi connectivity index (χ0v) is 20.0. The molecule has 6 heteroatoms. The third kappa shape index (κ3) is 8.14. The summed E-state index contributed by atoms with van der Waals surface area (Å²) in [5, 5.41) is 10.7. The number of hydrogen-bond acceptors (Lipinski definition) is 6. The maximum Gasteiger partial charge on any atom is 0.302 e. The van der Waals surface area contributed by atoms with Gasteiger partial charge in [0.15, 0.2) is 5.79 Å². The molecule has 1 heterocycles. The van der Waals surface area contributed by atoms with E-state index in [0.717, 1.165) is 31.3 Å². The van der Waals surface area contributed by atoms with Crippen molar-refractivity contribution in [1.82, 2.24) is 0 Å². The normalized spacial score (nSPS) is 24.9. The van der Waals surface area contributed by atoms with E-state index in [9.17, 15) is 9.90 Å². The lowest BCUT2D eigenvalue weighted by Gasteiger charge is -2.37. The summed E-state index contributed by atoms with van der Waals surface area (Å²) in [6.07, 6.45) is 8.13. The maximum absolute atomic E-state index is 10.9. The van der Waals surface area contributed by atoms with Gasteiger partial charge in [-0.1, -0.05) is 25.0 Å². The number of ether oxygens (including phenoxy) is 4. The largest absolute Gasteiger partial charge is 0.462 e. The summed E-state index contributed by atoms with van der Waals surface area (Å²) in [4.78, 5) is 10.9. The van der Waals surface area contributed by atoms with Gasteiger partial charge in [-0.25, -0.2) is 0 Å². The predicted molar refractivity (Wildman–Crippen MR) is 118 cm³/mol. The minimum Gasteiger partial charge on any atom is -0.462 e. The van der Waals surface area contributed by atoms with E-state index in [1.165, 1.54) is 12.5 Å². The molecule has 6 nitrogen and oxygen atoms in total. The molecule has 1 N–H and O–H groups in total. The number of carbonyl (C=O) groups is 1. The minimum atomic E-state index is -0.645. The molecule has 1 aliphatic rings. The highest BCUT2D eigenvalue weighted by atomic mass is 16.7. The van der Waals surface area contributed by atoms with Crippen molar-refractivity contribution in [2.24, 2.45) is 5.92 Å². The molecule has 2 unspecified atom stereocenters. The van der Waals surface area contributed by atoms with E-state index in [0.29, 0.717) is 19.4 Å². The molecule has 0 saturated carbocycles. The van der Waals surface area contributed by atoms with Crippen molar-refractivity contribution < 1.29 is 28.8 Å². The highest BCUT2D eigenvalue weighted by Gasteiger charge is 2.38. The van der Waals surface area contributed by atoms with Crippen LogP contribution >= 0.6 is 0 Å². The van der Waals surface area contributed by atoms with Gasteiger partial charge in [-0.15, -0.1) is 0 Å². The Bertz CT molecular complexity index is 589. The first-order chi connectivity index (χ1) is 14.1. The smallest absolute Gasteiger partial charge is 0.302 e. The quantitative estimate of drug-likeness (QED) is 0.297. The van der Waals surface area contributed by atoms with Crippen LogP contribution in [-0.2, 0) is 23.7 Å². The van der Waals surface area contributed by atoms with Crippen LogP contribution in [0.5, 0.6) is 0 Å². The molecular weight excluding hydrogens is 384 g/mol. The topological polar surface area (TPSA) is 74.2 Å². The van der Waals surface area contributed by atoms with Crippen molar-refractivity contribution in [3.63, 3.8) is 0 Å². The summed E-state index contributed by atoms with van der Waals surface area (Å²) in [6, 6.07) is 0. The van der Waals surface area contributed by atoms with E-state index >= 15 is 0 Å². The SMILES string of the molecule is COC(CC=C(C)C)(OC)C(C)CCCC1(C)OC/C(=C/COC(C)=O)CC[C@H]1O. The van der Waals surface area contributed by atoms with Crippen LogP contribution in [0.4, 0.5) is 0 Å². The lowest BCUT2D eigenvalue weighted by Crippen LogP contribution is -2.42. The number of rotatable bonds is 11. The predicted octanol–water partition coefficient (Wildman–Crippen LogP) is 4.56. The van der Waals surface area contributed by atoms with Gasteiger partial charge in [0, 0.05) is 33.5 Å². The van der Waals surface area contributed by atoms with Crippen LogP contribution in [0, 0.1) is 5.92 Å². The minimum absolute atomic E-state index is 0.189. The Hall–Kier alpha value is -1.21. The maximum atomic E-state index is 10.9. The standard InChI is InChI=1S/C24H42O6/c1-18(2)12-15-24(27-6,28-7)19(3)9-8-14-23(5)22(26)11-10-21(17-30-23)13-16-29-20(4)25/h12-13,19,22,26H,8-11,14-17H2,1-7H3/b21-13+/t19?,22-,23?/m1/s1. The third-order valence-electron chi connectivity index (χ3n) is 6.24. The summed E-state index contributed by atoms with van der Waals surface area (Å²) in [5.41, 5.74) is 1.70. The summed E-state index contributed by atoms with van der Waals surface area (Å²) in [6.45, 7) is 10.4. The van der Waals surface area contributed by atoms with E-state index in [2.05, 4.69) is 26.8 Å². The van der Waals surface area contributed by atoms with Gasteiger partial charge in [0.2, 0.25) is 0 Å². The molecule has 0 aromatic rings. The highest BCUT2D eigenvalue weighted by molar-refractivity contribution is 5.66. The molecule has 1 fully saturated rings. The molecule has 174 valence electrons. The molecule has 30 heavy (non-hydrogen) atoms. The average molecular weight is 427 g/mol. The number of aliphatic hydroxyl groups is 1. The fourth-order valence-corrected chi connectivity index (χ4v) is 3.91. The Kier molecular flexibility index (Phi) is 11.3. The van der Waals surface area contributed by atoms with Crippen molar-refractivity contribution in [2.75, 3.05) is 27.4 Å². The molecule has 3 atom stereocenters. The lowest BCUT2D eigenvalue weighted by atomic mass is 9.85. The van der Waals surface area contributed by atoms with Gasteiger partial charge < -0.3 is 24.1 Å². The van der Waals surface area contributed by atoms with E-state index < -0.39 is 17.5 Å². The van der Waals surface area contributed by atoms with Gasteiger partial charge in [-0.05, 0) is 58.1 Å². The molecule has 0 amide bonds. The summed E-state index contributed by atoms with van der Waals surface area (Å²) < 4.78 is 22.7. The Morgan fingerprint density at radius 1 is 1.33 bits per heavy atom. The molecule has 0 spiro atoms. The van der Waals surface area contributed by atoms with E-state index in [1.807, 2.05) is 13.0 Å². The van der Waals surface area contributed by atoms with E-state index in [1.54, 1.807) is 14.2 Å². The highest BCUT2D eigenvalue weighted by Crippen LogP contribution is 2.35. The molecule has 0 aromatic carbocycles. The number of hydrogen-bond donors (Lipinski definition) is 1. The number of allylic oxidation sites excluding steroid dienone is 1. The number of aliphatic hydroxyl groups excluding tert-OH is 1. The summed E-state index contributed by atoms with van der Waals surface area (Å²) in [5.74, 6) is -0.754. The zero-order chi connectivity index (χ0) is 22.8. The fourth-order valence-electron chi connectivity index (χ4n) is 3.91. The van der Waals surface area contributed by atoms with Gasteiger partial charge in [0.05, 0.1) is 18.3 Å². The molecule has 0 aliphatic carbocycles. The molecule has 0 radical (unpaired) electrons. The van der Waals surface area contributed by atoms with Crippen LogP contribution in [0.1, 0.15) is 73.1 Å². The first-order valence-corrected chi connectivity index (χ1v) is 11.0. The van der Waals surface area contributed by atoms with Crippen LogP contribution in [0.3, 0.4) is 0 Å². The first kappa shape index (κ1) is 26.8. The van der Waals surface area contributed by atoms with Crippen molar-refractivity contribution in [3.8, 4) is 0 Å². The first-order valence-electron chi connectivity index (χ1n) is 11.0. The second-order valence-electron chi connectivity index (χ2n) is 8.82. The molecule has 0 bridgehead atoms. The van der Waals surface area contributed by atoms with Gasteiger partial charge in [-0.2, -0.15) is 0 Å². The third-order valence-corrected chi connectivity index (χ3v) is 6.24. The summed E-state index contributed by atoms with van der Waals surface area (Å²) >= 11 is 0. The van der Waals surface area contributed by atoms with Crippen LogP contribution in [0.25, 0.3) is 0 Å². The Morgan fingerprint density at radius 2 is 2.00 bits per heavy atom. The van der Waals surface area contributed by atoms with Gasteiger partial charge in [0.25, 0.3) is 0 Å². The van der Waals surface area contributed by atoms with Crippen molar-refractivity contribution in [2.45, 2.75) is 90.6 Å². The van der Waals surface area contributed by atoms with Crippen molar-refractivity contribution >= 4 is 5.97 Å². The monoisotopic (exact) mass is 426 g/mol. The van der Waals surface area contributed by atoms with Crippen LogP contribution in [0.15, 0.2) is 23.3 Å². The Labute approximate surface area is 182 Å². The number of esters is 1. The van der Waals surface area contributed by atoms with Gasteiger partial charge >= 0.3 is 5.97 Å². The molecular formula is C24H42O6. The number of carbonyl (C=O) groups excluding carboxylic acids is 1. The molecule has 0 aromatic heterocycles. The second-order valence-corrected chi connectivity index (χ2v) is 8.82. The van der Waals surface area contributed by atoms with Crippen LogP contribution in [-0.4, -0.2) is 56.0 Å².